The molecule has 0 saturated carbocycles. The number of carbonyl (C=O) groups is 1. The average Bonchev–Trinajstić information content (AvgIpc) is 2.27. The van der Waals surface area contributed by atoms with Crippen LogP contribution < -0.4 is 16.0 Å². The Kier molecular flexibility index (Phi) is 4.25. The molecule has 1 aromatic rings. The largest absolute Gasteiger partial charge is 0.397 e. The summed E-state index contributed by atoms with van der Waals surface area (Å²) in [5.74, 6) is -0.281. The summed E-state index contributed by atoms with van der Waals surface area (Å²) in [6.45, 7) is -0.429. The van der Waals surface area contributed by atoms with Crippen LogP contribution in [0, 0.1) is 0 Å². The van der Waals surface area contributed by atoms with Gasteiger partial charge in [-0.1, -0.05) is 0 Å². The topological polar surface area (TPSA) is 58.4 Å². The smallest absolute Gasteiger partial charge is 0.255 e. The van der Waals surface area contributed by atoms with Gasteiger partial charge < -0.3 is 16.0 Å². The van der Waals surface area contributed by atoms with E-state index in [2.05, 4.69) is 5.32 Å². The molecule has 0 aliphatic rings. The highest BCUT2D eigenvalue weighted by atomic mass is 19.3. The van der Waals surface area contributed by atoms with Crippen molar-refractivity contribution in [3.8, 4) is 0 Å². The molecule has 0 radical (unpaired) electrons. The molecule has 0 aromatic heterocycles. The van der Waals surface area contributed by atoms with Crippen molar-refractivity contribution in [1.29, 1.82) is 0 Å². The lowest BCUT2D eigenvalue weighted by Gasteiger charge is -2.21. The van der Waals surface area contributed by atoms with E-state index in [-0.39, 0.29) is 5.91 Å². The van der Waals surface area contributed by atoms with Crippen LogP contribution in [0.25, 0.3) is 0 Å². The maximum Gasteiger partial charge on any atom is 0.255 e. The van der Waals surface area contributed by atoms with E-state index in [0.29, 0.717) is 16.9 Å². The Morgan fingerprint density at radius 3 is 2.71 bits per heavy atom. The molecule has 94 valence electrons. The average molecular weight is 243 g/mol. The number of hydrogen-bond donors (Lipinski definition) is 2. The van der Waals surface area contributed by atoms with Crippen LogP contribution in [-0.2, 0) is 0 Å². The number of rotatable bonds is 4. The maximum atomic E-state index is 12.3. The lowest BCUT2D eigenvalue weighted by atomic mass is 10.1. The van der Waals surface area contributed by atoms with Gasteiger partial charge in [0.15, 0.2) is 0 Å². The first-order valence-corrected chi connectivity index (χ1v) is 5.06. The van der Waals surface area contributed by atoms with Crippen molar-refractivity contribution in [1.82, 2.24) is 5.32 Å². The molecular formula is C11H15F2N3O. The first kappa shape index (κ1) is 13.2. The second kappa shape index (κ2) is 5.47. The van der Waals surface area contributed by atoms with Crippen LogP contribution in [0.4, 0.5) is 20.2 Å². The third-order valence-electron chi connectivity index (χ3n) is 2.34. The molecule has 4 nitrogen and oxygen atoms in total. The van der Waals surface area contributed by atoms with Gasteiger partial charge in [-0.2, -0.15) is 0 Å². The second-order valence-corrected chi connectivity index (χ2v) is 3.62. The SMILES string of the molecule is CNC(=O)c1ccc(N)c(N(C)CC(F)F)c1. The Bertz CT molecular complexity index is 410. The predicted molar refractivity (Wildman–Crippen MR) is 63.5 cm³/mol. The van der Waals surface area contributed by atoms with Crippen LogP contribution in [0.15, 0.2) is 18.2 Å². The van der Waals surface area contributed by atoms with Crippen LogP contribution >= 0.6 is 0 Å². The molecule has 0 fully saturated rings. The summed E-state index contributed by atoms with van der Waals surface area (Å²) in [7, 11) is 3.01. The van der Waals surface area contributed by atoms with Crippen molar-refractivity contribution in [2.75, 3.05) is 31.3 Å². The zero-order valence-corrected chi connectivity index (χ0v) is 9.71. The van der Waals surface area contributed by atoms with E-state index in [1.165, 1.54) is 31.1 Å². The minimum Gasteiger partial charge on any atom is -0.397 e. The molecule has 6 heteroatoms. The van der Waals surface area contributed by atoms with Crippen LogP contribution in [0.1, 0.15) is 10.4 Å². The summed E-state index contributed by atoms with van der Waals surface area (Å²) in [4.78, 5) is 12.7. The first-order valence-electron chi connectivity index (χ1n) is 5.06. The van der Waals surface area contributed by atoms with Gasteiger partial charge in [-0.3, -0.25) is 4.79 Å². The maximum absolute atomic E-state index is 12.3. The molecule has 0 atom stereocenters. The number of nitrogen functional groups attached to an aromatic ring is 1. The Labute approximate surface area is 98.4 Å². The van der Waals surface area contributed by atoms with Gasteiger partial charge in [0, 0.05) is 19.7 Å². The predicted octanol–water partition coefficient (Wildman–Crippen LogP) is 1.33. The van der Waals surface area contributed by atoms with Crippen molar-refractivity contribution in [2.45, 2.75) is 6.43 Å². The normalized spacial score (nSPS) is 10.4. The molecule has 0 unspecified atom stereocenters. The van der Waals surface area contributed by atoms with E-state index in [9.17, 15) is 13.6 Å². The third kappa shape index (κ3) is 3.30. The Morgan fingerprint density at radius 2 is 2.18 bits per heavy atom. The van der Waals surface area contributed by atoms with Gasteiger partial charge in [0.2, 0.25) is 0 Å². The number of nitrogens with zero attached hydrogens (tertiary/aromatic N) is 1. The number of halogens is 2. The monoisotopic (exact) mass is 243 g/mol. The van der Waals surface area contributed by atoms with Gasteiger partial charge in [0.05, 0.1) is 17.9 Å². The van der Waals surface area contributed by atoms with E-state index in [4.69, 9.17) is 5.73 Å². The van der Waals surface area contributed by atoms with Crippen LogP contribution in [0.5, 0.6) is 0 Å². The van der Waals surface area contributed by atoms with E-state index >= 15 is 0 Å². The fraction of sp³-hybridized carbons (Fsp3) is 0.364. The van der Waals surface area contributed by atoms with Crippen molar-refractivity contribution in [3.63, 3.8) is 0 Å². The minimum atomic E-state index is -2.46. The molecule has 1 amide bonds. The first-order chi connectivity index (χ1) is 7.95. The van der Waals surface area contributed by atoms with Gasteiger partial charge in [0.1, 0.15) is 0 Å². The summed E-state index contributed by atoms with van der Waals surface area (Å²) in [5, 5.41) is 2.46. The standard InChI is InChI=1S/C11H15F2N3O/c1-15-11(17)7-3-4-8(14)9(5-7)16(2)6-10(12)13/h3-5,10H,6,14H2,1-2H3,(H,15,17). The molecule has 1 aromatic carbocycles. The van der Waals surface area contributed by atoms with Crippen molar-refractivity contribution >= 4 is 17.3 Å². The fourth-order valence-corrected chi connectivity index (χ4v) is 1.47. The highest BCUT2D eigenvalue weighted by molar-refractivity contribution is 5.96. The van der Waals surface area contributed by atoms with Crippen LogP contribution in [0.2, 0.25) is 0 Å². The molecule has 0 heterocycles. The van der Waals surface area contributed by atoms with Gasteiger partial charge in [0.25, 0.3) is 12.3 Å². The lowest BCUT2D eigenvalue weighted by Crippen LogP contribution is -2.25. The van der Waals surface area contributed by atoms with E-state index in [1.54, 1.807) is 6.07 Å². The van der Waals surface area contributed by atoms with E-state index < -0.39 is 13.0 Å². The summed E-state index contributed by atoms with van der Waals surface area (Å²) in [5.41, 5.74) is 6.86. The molecule has 1 rings (SSSR count). The highest BCUT2D eigenvalue weighted by Gasteiger charge is 2.13. The zero-order chi connectivity index (χ0) is 13.0. The number of nitrogens with one attached hydrogen (secondary N) is 1. The number of nitrogens with two attached hydrogens (primary N) is 1. The summed E-state index contributed by atoms with van der Waals surface area (Å²) in [6.07, 6.45) is -2.46. The zero-order valence-electron chi connectivity index (χ0n) is 9.71. The number of anilines is 2. The molecule has 17 heavy (non-hydrogen) atoms. The Morgan fingerprint density at radius 1 is 1.53 bits per heavy atom. The molecule has 0 bridgehead atoms. The van der Waals surface area contributed by atoms with Crippen LogP contribution in [-0.4, -0.2) is 33.0 Å². The Hall–Kier alpha value is -1.85. The second-order valence-electron chi connectivity index (χ2n) is 3.62. The molecule has 0 saturated heterocycles. The van der Waals surface area contributed by atoms with Gasteiger partial charge in [-0.15, -0.1) is 0 Å². The van der Waals surface area contributed by atoms with E-state index in [0.717, 1.165) is 0 Å². The quantitative estimate of drug-likeness (QED) is 0.784. The molecule has 0 aliphatic carbocycles. The molecular weight excluding hydrogens is 228 g/mol. The number of alkyl halides is 2. The Balaban J connectivity index is 3.01. The number of amides is 1. The minimum absolute atomic E-state index is 0.281. The third-order valence-corrected chi connectivity index (χ3v) is 2.34. The highest BCUT2D eigenvalue weighted by Crippen LogP contribution is 2.24. The lowest BCUT2D eigenvalue weighted by molar-refractivity contribution is 0.0963. The van der Waals surface area contributed by atoms with E-state index in [1.807, 2.05) is 0 Å². The summed E-state index contributed by atoms with van der Waals surface area (Å²) in [6, 6.07) is 4.58. The number of hydrogen-bond acceptors (Lipinski definition) is 3. The number of carbonyl (C=O) groups excluding carboxylic acids is 1. The van der Waals surface area contributed by atoms with Gasteiger partial charge >= 0.3 is 0 Å². The van der Waals surface area contributed by atoms with Gasteiger partial charge in [-0.25, -0.2) is 8.78 Å². The van der Waals surface area contributed by atoms with Crippen LogP contribution in [0.3, 0.4) is 0 Å². The summed E-state index contributed by atoms with van der Waals surface area (Å²) >= 11 is 0. The van der Waals surface area contributed by atoms with Crippen molar-refractivity contribution < 1.29 is 13.6 Å². The molecule has 0 aliphatic heterocycles. The number of benzene rings is 1. The molecule has 0 spiro atoms. The van der Waals surface area contributed by atoms with Crippen molar-refractivity contribution in [3.05, 3.63) is 23.8 Å². The fourth-order valence-electron chi connectivity index (χ4n) is 1.47. The van der Waals surface area contributed by atoms with Crippen molar-refractivity contribution in [2.24, 2.45) is 0 Å². The molecule has 3 N–H and O–H groups in total. The van der Waals surface area contributed by atoms with Gasteiger partial charge in [-0.05, 0) is 18.2 Å². The summed E-state index contributed by atoms with van der Waals surface area (Å²) < 4.78 is 24.5.